The van der Waals surface area contributed by atoms with Gasteiger partial charge < -0.3 is 15.3 Å². The van der Waals surface area contributed by atoms with Gasteiger partial charge >= 0.3 is 0 Å². The van der Waals surface area contributed by atoms with E-state index in [0.717, 1.165) is 12.1 Å². The van der Waals surface area contributed by atoms with Gasteiger partial charge in [-0.3, -0.25) is 25.0 Å². The lowest BCUT2D eigenvalue weighted by atomic mass is 10.1. The summed E-state index contributed by atoms with van der Waals surface area (Å²) >= 11 is 6.54. The van der Waals surface area contributed by atoms with E-state index in [4.69, 9.17) is 0 Å². The van der Waals surface area contributed by atoms with Crippen molar-refractivity contribution in [1.29, 1.82) is 0 Å². The summed E-state index contributed by atoms with van der Waals surface area (Å²) in [6, 6.07) is 1.87. The van der Waals surface area contributed by atoms with Crippen LogP contribution in [0.1, 0.15) is 23.7 Å². The molecular weight excluding hydrogens is 492 g/mol. The SMILES string of the molecule is CCC(O)CNC(=O)c1cc([N+](=O)[O-])cc([N+](=O)[O-])c1N(CCBr)CCBr. The highest BCUT2D eigenvalue weighted by atomic mass is 79.9. The zero-order valence-corrected chi connectivity index (χ0v) is 17.7. The number of rotatable bonds is 11. The maximum absolute atomic E-state index is 12.6. The Morgan fingerprint density at radius 1 is 1.22 bits per heavy atom. The van der Waals surface area contributed by atoms with Gasteiger partial charge in [0.05, 0.1) is 27.6 Å². The van der Waals surface area contributed by atoms with E-state index in [9.17, 15) is 30.1 Å². The molecule has 0 bridgehead atoms. The molecule has 0 aliphatic heterocycles. The normalized spacial score (nSPS) is 11.7. The lowest BCUT2D eigenvalue weighted by molar-refractivity contribution is -0.393. The topological polar surface area (TPSA) is 139 Å². The minimum absolute atomic E-state index is 0.00740. The van der Waals surface area contributed by atoms with Crippen LogP contribution in [-0.4, -0.2) is 57.3 Å². The highest BCUT2D eigenvalue weighted by molar-refractivity contribution is 9.09. The van der Waals surface area contributed by atoms with Crippen molar-refractivity contribution in [2.75, 3.05) is 35.2 Å². The molecule has 2 N–H and O–H groups in total. The molecule has 27 heavy (non-hydrogen) atoms. The highest BCUT2D eigenvalue weighted by Gasteiger charge is 2.30. The van der Waals surface area contributed by atoms with Crippen LogP contribution in [0.2, 0.25) is 0 Å². The second-order valence-electron chi connectivity index (χ2n) is 5.51. The van der Waals surface area contributed by atoms with Gasteiger partial charge in [0.1, 0.15) is 5.69 Å². The van der Waals surface area contributed by atoms with Gasteiger partial charge in [0, 0.05) is 36.4 Å². The first-order valence-electron chi connectivity index (χ1n) is 8.06. The second kappa shape index (κ2) is 11.1. The van der Waals surface area contributed by atoms with E-state index in [1.54, 1.807) is 11.8 Å². The number of hydrogen-bond donors (Lipinski definition) is 2. The van der Waals surface area contributed by atoms with Crippen molar-refractivity contribution < 1.29 is 19.7 Å². The number of amides is 1. The van der Waals surface area contributed by atoms with Crippen molar-refractivity contribution >= 4 is 54.8 Å². The molecule has 1 unspecified atom stereocenters. The van der Waals surface area contributed by atoms with Gasteiger partial charge in [-0.05, 0) is 6.42 Å². The summed E-state index contributed by atoms with van der Waals surface area (Å²) in [6.07, 6.45) is -0.381. The van der Waals surface area contributed by atoms with Crippen molar-refractivity contribution in [2.45, 2.75) is 19.4 Å². The molecule has 1 atom stereocenters. The summed E-state index contributed by atoms with van der Waals surface area (Å²) in [5.41, 5.74) is -1.24. The number of aliphatic hydroxyl groups is 1. The molecule has 150 valence electrons. The molecular formula is C15H20Br2N4O6. The zero-order valence-electron chi connectivity index (χ0n) is 14.6. The number of anilines is 1. The average molecular weight is 512 g/mol. The lowest BCUT2D eigenvalue weighted by Crippen LogP contribution is -2.35. The van der Waals surface area contributed by atoms with E-state index in [0.29, 0.717) is 30.2 Å². The van der Waals surface area contributed by atoms with Gasteiger partial charge in [-0.2, -0.15) is 0 Å². The standard InChI is InChI=1S/C15H20Br2N4O6/c1-2-11(22)9-18-15(23)12-7-10(20(24)25)8-13(21(26)27)14(12)19(5-3-16)6-4-17/h7-8,11,22H,2-6,9H2,1H3,(H,18,23). The van der Waals surface area contributed by atoms with Crippen LogP contribution in [0.4, 0.5) is 17.1 Å². The fraction of sp³-hybridized carbons (Fsp3) is 0.533. The molecule has 0 saturated heterocycles. The third-order valence-electron chi connectivity index (χ3n) is 3.72. The maximum Gasteiger partial charge on any atom is 0.300 e. The molecule has 10 nitrogen and oxygen atoms in total. The van der Waals surface area contributed by atoms with Crippen molar-refractivity contribution in [1.82, 2.24) is 5.32 Å². The van der Waals surface area contributed by atoms with Crippen molar-refractivity contribution in [3.05, 3.63) is 37.9 Å². The van der Waals surface area contributed by atoms with Crippen molar-refractivity contribution in [3.63, 3.8) is 0 Å². The van der Waals surface area contributed by atoms with Crippen LogP contribution in [0.15, 0.2) is 12.1 Å². The molecule has 0 spiro atoms. The molecule has 0 aromatic heterocycles. The fourth-order valence-corrected chi connectivity index (χ4v) is 3.20. The Kier molecular flexibility index (Phi) is 9.60. The number of carbonyl (C=O) groups excluding carboxylic acids is 1. The number of benzene rings is 1. The average Bonchev–Trinajstić information content (AvgIpc) is 2.64. The first kappa shape index (κ1) is 23.2. The monoisotopic (exact) mass is 510 g/mol. The van der Waals surface area contributed by atoms with Crippen LogP contribution in [0, 0.1) is 20.2 Å². The van der Waals surface area contributed by atoms with Crippen molar-refractivity contribution in [3.8, 4) is 0 Å². The van der Waals surface area contributed by atoms with Gasteiger partial charge in [-0.25, -0.2) is 0 Å². The van der Waals surface area contributed by atoms with Crippen LogP contribution in [0.5, 0.6) is 0 Å². The Morgan fingerprint density at radius 2 is 1.81 bits per heavy atom. The third kappa shape index (κ3) is 6.40. The van der Waals surface area contributed by atoms with Crippen LogP contribution in [-0.2, 0) is 0 Å². The first-order chi connectivity index (χ1) is 12.8. The molecule has 12 heteroatoms. The Bertz CT molecular complexity index is 697. The summed E-state index contributed by atoms with van der Waals surface area (Å²) in [5.74, 6) is -0.724. The second-order valence-corrected chi connectivity index (χ2v) is 7.10. The Morgan fingerprint density at radius 3 is 2.26 bits per heavy atom. The van der Waals surface area contributed by atoms with E-state index in [1.165, 1.54) is 0 Å². The summed E-state index contributed by atoms with van der Waals surface area (Å²) < 4.78 is 0. The number of aliphatic hydroxyl groups excluding tert-OH is 1. The number of carbonyl (C=O) groups is 1. The molecule has 1 amide bonds. The zero-order chi connectivity index (χ0) is 20.6. The van der Waals surface area contributed by atoms with Gasteiger partial charge in [-0.15, -0.1) is 0 Å². The molecule has 0 aliphatic carbocycles. The van der Waals surface area contributed by atoms with Crippen LogP contribution >= 0.6 is 31.9 Å². The Hall–Kier alpha value is -1.79. The molecule has 0 heterocycles. The molecule has 0 aliphatic rings. The lowest BCUT2D eigenvalue weighted by Gasteiger charge is -2.25. The molecule has 1 rings (SSSR count). The summed E-state index contributed by atoms with van der Waals surface area (Å²) in [5, 5.41) is 35.8. The number of nitrogens with one attached hydrogen (secondary N) is 1. The van der Waals surface area contributed by atoms with E-state index >= 15 is 0 Å². The van der Waals surface area contributed by atoms with Crippen LogP contribution < -0.4 is 10.2 Å². The van der Waals surface area contributed by atoms with E-state index in [2.05, 4.69) is 37.2 Å². The van der Waals surface area contributed by atoms with Crippen LogP contribution in [0.3, 0.4) is 0 Å². The summed E-state index contributed by atoms with van der Waals surface area (Å²) in [7, 11) is 0. The number of halogens is 2. The Balaban J connectivity index is 3.55. The molecule has 1 aromatic rings. The number of nitro benzene ring substituents is 2. The minimum atomic E-state index is -0.785. The quantitative estimate of drug-likeness (QED) is 0.264. The van der Waals surface area contributed by atoms with E-state index in [-0.39, 0.29) is 17.8 Å². The first-order valence-corrected chi connectivity index (χ1v) is 10.3. The number of non-ortho nitro benzene ring substituents is 1. The number of hydrogen-bond acceptors (Lipinski definition) is 7. The Labute approximate surface area is 172 Å². The minimum Gasteiger partial charge on any atom is -0.391 e. The largest absolute Gasteiger partial charge is 0.391 e. The van der Waals surface area contributed by atoms with Gasteiger partial charge in [-0.1, -0.05) is 38.8 Å². The summed E-state index contributed by atoms with van der Waals surface area (Å²) in [6.45, 7) is 2.36. The third-order valence-corrected chi connectivity index (χ3v) is 4.43. The smallest absolute Gasteiger partial charge is 0.300 e. The summed E-state index contributed by atoms with van der Waals surface area (Å²) in [4.78, 5) is 35.5. The molecule has 0 saturated carbocycles. The highest BCUT2D eigenvalue weighted by Crippen LogP contribution is 2.36. The predicted molar refractivity (Wildman–Crippen MR) is 108 cm³/mol. The van der Waals surface area contributed by atoms with E-state index in [1.807, 2.05) is 0 Å². The van der Waals surface area contributed by atoms with Gasteiger partial charge in [0.2, 0.25) is 0 Å². The molecule has 0 radical (unpaired) electrons. The van der Waals surface area contributed by atoms with Crippen LogP contribution in [0.25, 0.3) is 0 Å². The predicted octanol–water partition coefficient (Wildman–Crippen LogP) is 2.60. The number of alkyl halides is 2. The van der Waals surface area contributed by atoms with Gasteiger partial charge in [0.15, 0.2) is 0 Å². The maximum atomic E-state index is 12.6. The number of nitrogens with zero attached hydrogens (tertiary/aromatic N) is 3. The number of nitro groups is 2. The molecule has 0 fully saturated rings. The van der Waals surface area contributed by atoms with Crippen molar-refractivity contribution in [2.24, 2.45) is 0 Å². The van der Waals surface area contributed by atoms with Gasteiger partial charge in [0.25, 0.3) is 17.3 Å². The fourth-order valence-electron chi connectivity index (χ4n) is 2.34. The molecule has 1 aromatic carbocycles. The van der Waals surface area contributed by atoms with E-state index < -0.39 is 33.2 Å².